The second-order valence-corrected chi connectivity index (χ2v) is 5.25. The van der Waals surface area contributed by atoms with Gasteiger partial charge in [-0.05, 0) is 36.1 Å². The topological polar surface area (TPSA) is 47.8 Å². The van der Waals surface area contributed by atoms with Crippen molar-refractivity contribution in [3.05, 3.63) is 34.6 Å². The number of rotatable bonds is 5. The molecule has 0 amide bonds. The van der Waals surface area contributed by atoms with Gasteiger partial charge in [0.2, 0.25) is 0 Å². The van der Waals surface area contributed by atoms with E-state index in [1.165, 1.54) is 4.68 Å². The molecule has 0 bridgehead atoms. The molecule has 1 aromatic heterocycles. The molecule has 4 nitrogen and oxygen atoms in total. The maximum Gasteiger partial charge on any atom is 0.277 e. The summed E-state index contributed by atoms with van der Waals surface area (Å²) in [7, 11) is 0. The average molecular weight is 277 g/mol. The zero-order valence-corrected chi connectivity index (χ0v) is 12.2. The van der Waals surface area contributed by atoms with Crippen LogP contribution in [0.3, 0.4) is 0 Å². The summed E-state index contributed by atoms with van der Waals surface area (Å²) in [6, 6.07) is 7.31. The van der Waals surface area contributed by atoms with E-state index in [9.17, 15) is 4.79 Å². The Morgan fingerprint density at radius 1 is 1.26 bits per heavy atom. The lowest BCUT2D eigenvalue weighted by atomic mass is 9.84. The lowest BCUT2D eigenvalue weighted by Crippen LogP contribution is -2.35. The van der Waals surface area contributed by atoms with Crippen molar-refractivity contribution in [2.45, 2.75) is 33.2 Å². The van der Waals surface area contributed by atoms with Crippen LogP contribution in [0.25, 0.3) is 10.9 Å². The predicted octanol–water partition coefficient (Wildman–Crippen LogP) is 2.53. The van der Waals surface area contributed by atoms with E-state index < -0.39 is 0 Å². The maximum atomic E-state index is 12.4. The highest BCUT2D eigenvalue weighted by molar-refractivity contribution is 7.80. The van der Waals surface area contributed by atoms with E-state index in [2.05, 4.69) is 36.8 Å². The van der Waals surface area contributed by atoms with Crippen LogP contribution in [0.1, 0.15) is 26.7 Å². The fraction of sp³-hybridized carbons (Fsp3) is 0.500. The Morgan fingerprint density at radius 2 is 1.95 bits per heavy atom. The summed E-state index contributed by atoms with van der Waals surface area (Å²) in [5.74, 6) is 0.737. The van der Waals surface area contributed by atoms with E-state index >= 15 is 0 Å². The highest BCUT2D eigenvalue weighted by atomic mass is 32.1. The lowest BCUT2D eigenvalue weighted by molar-refractivity contribution is 0.238. The van der Waals surface area contributed by atoms with Crippen LogP contribution in [0.5, 0.6) is 0 Å². The number of fused-ring (bicyclic) bond motifs is 1. The first-order valence-corrected chi connectivity index (χ1v) is 7.22. The molecule has 0 saturated heterocycles. The van der Waals surface area contributed by atoms with E-state index in [1.807, 2.05) is 12.1 Å². The van der Waals surface area contributed by atoms with Crippen LogP contribution in [0.2, 0.25) is 0 Å². The van der Waals surface area contributed by atoms with Crippen molar-refractivity contribution in [1.29, 1.82) is 0 Å². The summed E-state index contributed by atoms with van der Waals surface area (Å²) in [5, 5.41) is 8.80. The summed E-state index contributed by atoms with van der Waals surface area (Å²) in [4.78, 5) is 12.4. The third-order valence-corrected chi connectivity index (χ3v) is 4.62. The van der Waals surface area contributed by atoms with Gasteiger partial charge in [0.05, 0.1) is 11.9 Å². The zero-order chi connectivity index (χ0) is 13.9. The van der Waals surface area contributed by atoms with Crippen LogP contribution in [-0.2, 0) is 6.54 Å². The van der Waals surface area contributed by atoms with Crippen LogP contribution >= 0.6 is 12.6 Å². The molecular weight excluding hydrogens is 258 g/mol. The predicted molar refractivity (Wildman–Crippen MR) is 80.7 cm³/mol. The number of hydrogen-bond acceptors (Lipinski definition) is 4. The summed E-state index contributed by atoms with van der Waals surface area (Å²) in [6.45, 7) is 4.82. The summed E-state index contributed by atoms with van der Waals surface area (Å²) < 4.78 is 1.48. The van der Waals surface area contributed by atoms with Gasteiger partial charge in [0.1, 0.15) is 5.52 Å². The molecule has 0 saturated carbocycles. The minimum absolute atomic E-state index is 0.00404. The first-order valence-electron chi connectivity index (χ1n) is 6.59. The Labute approximate surface area is 118 Å². The molecule has 2 aromatic rings. The maximum absolute atomic E-state index is 12.4. The highest BCUT2D eigenvalue weighted by Gasteiger charge is 2.26. The quantitative estimate of drug-likeness (QED) is 0.854. The molecule has 1 heterocycles. The molecule has 0 aliphatic rings. The van der Waals surface area contributed by atoms with Gasteiger partial charge in [-0.2, -0.15) is 12.6 Å². The molecule has 102 valence electrons. The Balaban J connectivity index is 2.46. The first kappa shape index (κ1) is 14.1. The number of hydrogen-bond donors (Lipinski definition) is 1. The number of aromatic nitrogens is 3. The second-order valence-electron chi connectivity index (χ2n) is 4.93. The zero-order valence-electron chi connectivity index (χ0n) is 11.3. The van der Waals surface area contributed by atoms with E-state index in [-0.39, 0.29) is 11.0 Å². The average Bonchev–Trinajstić information content (AvgIpc) is 2.48. The molecule has 0 atom stereocenters. The molecule has 0 radical (unpaired) electrons. The minimum Gasteiger partial charge on any atom is -0.267 e. The molecule has 0 aliphatic carbocycles. The van der Waals surface area contributed by atoms with Crippen molar-refractivity contribution in [3.8, 4) is 0 Å². The molecule has 0 unspecified atom stereocenters. The summed E-state index contributed by atoms with van der Waals surface area (Å²) in [6.07, 6.45) is 1.93. The van der Waals surface area contributed by atoms with Crippen molar-refractivity contribution < 1.29 is 0 Å². The molecule has 0 N–H and O–H groups in total. The number of nitrogens with zero attached hydrogens (tertiary/aromatic N) is 3. The molecule has 5 heteroatoms. The highest BCUT2D eigenvalue weighted by Crippen LogP contribution is 2.29. The Bertz CT molecular complexity index is 611. The molecule has 0 spiro atoms. The molecule has 0 fully saturated rings. The number of benzene rings is 1. The van der Waals surface area contributed by atoms with Crippen LogP contribution in [0, 0.1) is 5.41 Å². The number of thiol groups is 1. The van der Waals surface area contributed by atoms with Gasteiger partial charge in [0.15, 0.2) is 0 Å². The Morgan fingerprint density at radius 3 is 2.58 bits per heavy atom. The van der Waals surface area contributed by atoms with Gasteiger partial charge in [0.25, 0.3) is 5.56 Å². The van der Waals surface area contributed by atoms with Crippen LogP contribution in [0.4, 0.5) is 0 Å². The van der Waals surface area contributed by atoms with Gasteiger partial charge in [-0.3, -0.25) is 4.79 Å². The third kappa shape index (κ3) is 2.66. The molecule has 2 rings (SSSR count). The van der Waals surface area contributed by atoms with Crippen LogP contribution < -0.4 is 5.56 Å². The summed E-state index contributed by atoms with van der Waals surface area (Å²) in [5.41, 5.74) is 0.580. The lowest BCUT2D eigenvalue weighted by Gasteiger charge is -2.29. The second kappa shape index (κ2) is 5.74. The van der Waals surface area contributed by atoms with E-state index in [4.69, 9.17) is 0 Å². The van der Waals surface area contributed by atoms with Crippen molar-refractivity contribution in [2.24, 2.45) is 5.41 Å². The third-order valence-electron chi connectivity index (χ3n) is 3.95. The minimum atomic E-state index is -0.0707. The van der Waals surface area contributed by atoms with Gasteiger partial charge in [0, 0.05) is 0 Å². The van der Waals surface area contributed by atoms with E-state index in [1.54, 1.807) is 12.1 Å². The summed E-state index contributed by atoms with van der Waals surface area (Å²) >= 11 is 4.44. The van der Waals surface area contributed by atoms with Crippen molar-refractivity contribution in [2.75, 3.05) is 5.75 Å². The normalized spacial score (nSPS) is 11.9. The SMILES string of the molecule is CCC(CC)(CS)Cn1nnc2ccccc2c1=O. The molecule has 19 heavy (non-hydrogen) atoms. The Hall–Kier alpha value is -1.36. The van der Waals surface area contributed by atoms with Crippen molar-refractivity contribution in [1.82, 2.24) is 15.0 Å². The smallest absolute Gasteiger partial charge is 0.267 e. The molecule has 1 aromatic carbocycles. The first-order chi connectivity index (χ1) is 9.15. The van der Waals surface area contributed by atoms with E-state index in [0.29, 0.717) is 17.4 Å². The van der Waals surface area contributed by atoms with Gasteiger partial charge in [-0.15, -0.1) is 5.10 Å². The van der Waals surface area contributed by atoms with E-state index in [0.717, 1.165) is 18.6 Å². The monoisotopic (exact) mass is 277 g/mol. The van der Waals surface area contributed by atoms with Gasteiger partial charge < -0.3 is 0 Å². The van der Waals surface area contributed by atoms with Gasteiger partial charge in [-0.25, -0.2) is 4.68 Å². The fourth-order valence-corrected chi connectivity index (χ4v) is 2.74. The largest absolute Gasteiger partial charge is 0.277 e. The van der Waals surface area contributed by atoms with Gasteiger partial charge >= 0.3 is 0 Å². The molecular formula is C14H19N3OS. The fourth-order valence-electron chi connectivity index (χ4n) is 2.19. The van der Waals surface area contributed by atoms with Crippen LogP contribution in [0.15, 0.2) is 29.1 Å². The van der Waals surface area contributed by atoms with Crippen LogP contribution in [-0.4, -0.2) is 20.7 Å². The van der Waals surface area contributed by atoms with Crippen molar-refractivity contribution >= 4 is 23.5 Å². The Kier molecular flexibility index (Phi) is 4.24. The van der Waals surface area contributed by atoms with Crippen molar-refractivity contribution in [3.63, 3.8) is 0 Å². The molecule has 0 aliphatic heterocycles. The van der Waals surface area contributed by atoms with Gasteiger partial charge in [-0.1, -0.05) is 31.2 Å². The standard InChI is InChI=1S/C14H19N3OS/c1-3-14(4-2,10-19)9-17-13(18)11-7-5-6-8-12(11)15-16-17/h5-8,19H,3-4,9-10H2,1-2H3.